The molecule has 0 aliphatic carbocycles. The number of tetrazole rings is 1. The van der Waals surface area contributed by atoms with Crippen LogP contribution >= 0.6 is 11.6 Å². The first-order valence-electron chi connectivity index (χ1n) is 5.90. The number of carbonyl (C=O) groups is 1. The van der Waals surface area contributed by atoms with E-state index in [-0.39, 0.29) is 11.9 Å². The molecule has 0 radical (unpaired) electrons. The second kappa shape index (κ2) is 5.83. The number of H-pyrrole nitrogens is 1. The molecule has 2 aromatic heterocycles. The Morgan fingerprint density at radius 1 is 1.55 bits per heavy atom. The van der Waals surface area contributed by atoms with E-state index in [9.17, 15) is 4.79 Å². The molecule has 0 bridgehead atoms. The molecule has 1 unspecified atom stereocenters. The van der Waals surface area contributed by atoms with Gasteiger partial charge in [-0.05, 0) is 19.9 Å². The lowest BCUT2D eigenvalue weighted by Gasteiger charge is -2.06. The van der Waals surface area contributed by atoms with Gasteiger partial charge >= 0.3 is 0 Å². The summed E-state index contributed by atoms with van der Waals surface area (Å²) in [6.07, 6.45) is 3.02. The van der Waals surface area contributed by atoms with Gasteiger partial charge in [0.25, 0.3) is 0 Å². The average Bonchev–Trinajstić information content (AvgIpc) is 2.98. The Hall–Kier alpha value is -2.22. The van der Waals surface area contributed by atoms with Crippen LogP contribution < -0.4 is 5.32 Å². The number of hydrogen-bond acceptors (Lipinski definition) is 5. The van der Waals surface area contributed by atoms with Crippen molar-refractivity contribution in [3.05, 3.63) is 28.3 Å². The number of halogens is 1. The monoisotopic (exact) mass is 295 g/mol. The fourth-order valence-electron chi connectivity index (χ4n) is 1.67. The summed E-state index contributed by atoms with van der Waals surface area (Å²) in [5.74, 6) is 0.143. The lowest BCUT2D eigenvalue weighted by molar-refractivity contribution is -0.117. The normalized spacial score (nSPS) is 12.8. The molecule has 2 rings (SSSR count). The van der Waals surface area contributed by atoms with Crippen molar-refractivity contribution < 1.29 is 4.79 Å². The first kappa shape index (κ1) is 14.2. The Balaban J connectivity index is 2.02. The third-order valence-corrected chi connectivity index (χ3v) is 3.15. The predicted molar refractivity (Wildman–Crippen MR) is 72.7 cm³/mol. The Bertz CT molecular complexity index is 631. The van der Waals surface area contributed by atoms with Crippen molar-refractivity contribution in [3.63, 3.8) is 0 Å². The molecule has 2 N–H and O–H groups in total. The van der Waals surface area contributed by atoms with Crippen LogP contribution in [0, 0.1) is 6.92 Å². The van der Waals surface area contributed by atoms with Gasteiger partial charge in [-0.1, -0.05) is 16.8 Å². The SMILES string of the molecule is Cc1nn(C)c(Cl)c1C=CC(=O)NC(C)c1nn[nH]n1. The summed E-state index contributed by atoms with van der Waals surface area (Å²) in [7, 11) is 1.74. The number of nitrogens with one attached hydrogen (secondary N) is 2. The molecule has 2 heterocycles. The maximum absolute atomic E-state index is 11.8. The predicted octanol–water partition coefficient (Wildman–Crippen LogP) is 0.786. The largest absolute Gasteiger partial charge is 0.343 e. The molecule has 0 saturated heterocycles. The highest BCUT2D eigenvalue weighted by molar-refractivity contribution is 6.31. The second-order valence-electron chi connectivity index (χ2n) is 4.25. The Morgan fingerprint density at radius 3 is 2.85 bits per heavy atom. The van der Waals surface area contributed by atoms with E-state index in [1.807, 2.05) is 6.92 Å². The maximum atomic E-state index is 11.8. The molecular formula is C11H14ClN7O. The van der Waals surface area contributed by atoms with Crippen LogP contribution in [0.1, 0.15) is 30.0 Å². The molecule has 0 aromatic carbocycles. The first-order valence-corrected chi connectivity index (χ1v) is 6.28. The van der Waals surface area contributed by atoms with Gasteiger partial charge in [0.1, 0.15) is 5.15 Å². The second-order valence-corrected chi connectivity index (χ2v) is 4.61. The van der Waals surface area contributed by atoms with E-state index < -0.39 is 0 Å². The van der Waals surface area contributed by atoms with Crippen LogP contribution in [0.4, 0.5) is 0 Å². The first-order chi connectivity index (χ1) is 9.49. The molecule has 0 saturated carbocycles. The number of carbonyl (C=O) groups excluding carboxylic acids is 1. The minimum Gasteiger partial charge on any atom is -0.343 e. The number of aryl methyl sites for hydroxylation is 2. The number of aromatic nitrogens is 6. The number of rotatable bonds is 4. The van der Waals surface area contributed by atoms with Gasteiger partial charge in [0.15, 0.2) is 5.82 Å². The highest BCUT2D eigenvalue weighted by atomic mass is 35.5. The zero-order chi connectivity index (χ0) is 14.7. The number of nitrogens with zero attached hydrogens (tertiary/aromatic N) is 5. The number of aromatic amines is 1. The zero-order valence-corrected chi connectivity index (χ0v) is 12.0. The lowest BCUT2D eigenvalue weighted by Crippen LogP contribution is -2.25. The minimum atomic E-state index is -0.337. The van der Waals surface area contributed by atoms with E-state index in [1.165, 1.54) is 6.08 Å². The maximum Gasteiger partial charge on any atom is 0.244 e. The van der Waals surface area contributed by atoms with Crippen LogP contribution in [0.5, 0.6) is 0 Å². The van der Waals surface area contributed by atoms with Crippen molar-refractivity contribution in [2.45, 2.75) is 19.9 Å². The van der Waals surface area contributed by atoms with Crippen LogP contribution in [0.3, 0.4) is 0 Å². The molecular weight excluding hydrogens is 282 g/mol. The standard InChI is InChI=1S/C11H14ClN7O/c1-6-8(10(12)19(3)16-6)4-5-9(20)13-7(2)11-14-17-18-15-11/h4-5,7H,1-3H3,(H,13,20)(H,14,15,17,18). The smallest absolute Gasteiger partial charge is 0.244 e. The molecule has 8 nitrogen and oxygen atoms in total. The van der Waals surface area contributed by atoms with Gasteiger partial charge in [-0.3, -0.25) is 9.48 Å². The van der Waals surface area contributed by atoms with Crippen LogP contribution in [0.25, 0.3) is 6.08 Å². The van der Waals surface area contributed by atoms with E-state index in [4.69, 9.17) is 11.6 Å². The molecule has 0 fully saturated rings. The topological polar surface area (TPSA) is 101 Å². The van der Waals surface area contributed by atoms with Crippen LogP contribution in [-0.2, 0) is 11.8 Å². The number of hydrogen-bond donors (Lipinski definition) is 2. The fourth-order valence-corrected chi connectivity index (χ4v) is 1.91. The van der Waals surface area contributed by atoms with E-state index >= 15 is 0 Å². The molecule has 9 heteroatoms. The third-order valence-electron chi connectivity index (χ3n) is 2.71. The van der Waals surface area contributed by atoms with Crippen molar-refractivity contribution in [1.82, 2.24) is 35.7 Å². The quantitative estimate of drug-likeness (QED) is 0.812. The van der Waals surface area contributed by atoms with Gasteiger partial charge < -0.3 is 5.32 Å². The summed E-state index contributed by atoms with van der Waals surface area (Å²) in [6, 6.07) is -0.337. The summed E-state index contributed by atoms with van der Waals surface area (Å²) in [5.41, 5.74) is 1.48. The molecule has 0 spiro atoms. The third kappa shape index (κ3) is 3.02. The van der Waals surface area contributed by atoms with E-state index in [0.717, 1.165) is 11.3 Å². The van der Waals surface area contributed by atoms with E-state index in [0.29, 0.717) is 11.0 Å². The van der Waals surface area contributed by atoms with Gasteiger partial charge in [-0.15, -0.1) is 10.2 Å². The Labute approximate surface area is 120 Å². The van der Waals surface area contributed by atoms with Crippen molar-refractivity contribution in [2.75, 3.05) is 0 Å². The minimum absolute atomic E-state index is 0.276. The summed E-state index contributed by atoms with van der Waals surface area (Å²) in [6.45, 7) is 3.59. The summed E-state index contributed by atoms with van der Waals surface area (Å²) >= 11 is 6.07. The Morgan fingerprint density at radius 2 is 2.30 bits per heavy atom. The van der Waals surface area contributed by atoms with E-state index in [1.54, 1.807) is 24.7 Å². The summed E-state index contributed by atoms with van der Waals surface area (Å²) in [5, 5.41) is 20.7. The van der Waals surface area contributed by atoms with Gasteiger partial charge in [-0.2, -0.15) is 10.3 Å². The summed E-state index contributed by atoms with van der Waals surface area (Å²) < 4.78 is 1.55. The summed E-state index contributed by atoms with van der Waals surface area (Å²) in [4.78, 5) is 11.8. The van der Waals surface area contributed by atoms with Gasteiger partial charge in [0.05, 0.1) is 11.7 Å². The van der Waals surface area contributed by atoms with Gasteiger partial charge in [-0.25, -0.2) is 0 Å². The zero-order valence-electron chi connectivity index (χ0n) is 11.3. The van der Waals surface area contributed by atoms with E-state index in [2.05, 4.69) is 31.0 Å². The molecule has 0 aliphatic rings. The molecule has 1 atom stereocenters. The van der Waals surface area contributed by atoms with Crippen molar-refractivity contribution in [3.8, 4) is 0 Å². The van der Waals surface area contributed by atoms with Crippen LogP contribution in [0.2, 0.25) is 5.15 Å². The molecule has 106 valence electrons. The van der Waals surface area contributed by atoms with Gasteiger partial charge in [0.2, 0.25) is 5.91 Å². The van der Waals surface area contributed by atoms with Crippen molar-refractivity contribution in [1.29, 1.82) is 0 Å². The Kier molecular flexibility index (Phi) is 4.14. The average molecular weight is 296 g/mol. The van der Waals surface area contributed by atoms with Crippen LogP contribution in [-0.4, -0.2) is 36.3 Å². The van der Waals surface area contributed by atoms with Crippen molar-refractivity contribution in [2.24, 2.45) is 7.05 Å². The highest BCUT2D eigenvalue weighted by Gasteiger charge is 2.12. The van der Waals surface area contributed by atoms with Crippen molar-refractivity contribution >= 4 is 23.6 Å². The molecule has 0 aliphatic heterocycles. The number of amides is 1. The van der Waals surface area contributed by atoms with Crippen LogP contribution in [0.15, 0.2) is 6.08 Å². The fraction of sp³-hybridized carbons (Fsp3) is 0.364. The molecule has 2 aromatic rings. The molecule has 20 heavy (non-hydrogen) atoms. The molecule has 1 amide bonds. The highest BCUT2D eigenvalue weighted by Crippen LogP contribution is 2.19. The van der Waals surface area contributed by atoms with Gasteiger partial charge in [0, 0.05) is 18.7 Å². The lowest BCUT2D eigenvalue weighted by atomic mass is 10.2.